The fourth-order valence-electron chi connectivity index (χ4n) is 4.80. The maximum absolute atomic E-state index is 4.81. The van der Waals surface area contributed by atoms with Gasteiger partial charge in [0.05, 0.1) is 15.9 Å². The van der Waals surface area contributed by atoms with Crippen molar-refractivity contribution in [2.45, 2.75) is 27.2 Å². The van der Waals surface area contributed by atoms with Gasteiger partial charge in [-0.25, -0.2) is 9.97 Å². The standard InChI is InChI=1S/C29H24N2S/c1-29(2,3)16-19-9-6-12-22-20(19)11-7-13-23(22)25-28-26(31-17-30-25)24-15-14-18-8-4-5-10-21(18)27(24)32-28/h4-15,17H,16H2,1-3H3. The van der Waals surface area contributed by atoms with Crippen molar-refractivity contribution in [2.75, 3.05) is 0 Å². The molecule has 0 saturated carbocycles. The van der Waals surface area contributed by atoms with Gasteiger partial charge < -0.3 is 0 Å². The molecule has 0 radical (unpaired) electrons. The van der Waals surface area contributed by atoms with Crippen molar-refractivity contribution in [1.82, 2.24) is 9.97 Å². The molecule has 0 aliphatic rings. The zero-order valence-electron chi connectivity index (χ0n) is 18.5. The molecule has 32 heavy (non-hydrogen) atoms. The minimum Gasteiger partial charge on any atom is -0.235 e. The smallest absolute Gasteiger partial charge is 0.116 e. The monoisotopic (exact) mass is 432 g/mol. The molecular formula is C29H24N2S. The molecule has 0 aliphatic carbocycles. The molecule has 4 aromatic carbocycles. The molecule has 6 rings (SSSR count). The van der Waals surface area contributed by atoms with Crippen LogP contribution < -0.4 is 0 Å². The van der Waals surface area contributed by atoms with Crippen LogP contribution in [0.3, 0.4) is 0 Å². The van der Waals surface area contributed by atoms with Gasteiger partial charge in [-0.3, -0.25) is 0 Å². The fourth-order valence-corrected chi connectivity index (χ4v) is 6.10. The first-order valence-corrected chi connectivity index (χ1v) is 11.9. The van der Waals surface area contributed by atoms with Gasteiger partial charge in [0.1, 0.15) is 6.33 Å². The number of hydrogen-bond acceptors (Lipinski definition) is 3. The summed E-state index contributed by atoms with van der Waals surface area (Å²) in [5.74, 6) is 0. The molecule has 0 aliphatic heterocycles. The van der Waals surface area contributed by atoms with Crippen LogP contribution >= 0.6 is 11.3 Å². The summed E-state index contributed by atoms with van der Waals surface area (Å²) in [6.07, 6.45) is 2.76. The van der Waals surface area contributed by atoms with Crippen LogP contribution in [0.25, 0.3) is 53.1 Å². The topological polar surface area (TPSA) is 25.8 Å². The zero-order valence-corrected chi connectivity index (χ0v) is 19.3. The Morgan fingerprint density at radius 2 is 1.47 bits per heavy atom. The van der Waals surface area contributed by atoms with E-state index in [4.69, 9.17) is 9.97 Å². The van der Waals surface area contributed by atoms with E-state index in [2.05, 4.69) is 93.6 Å². The van der Waals surface area contributed by atoms with Crippen LogP contribution in [0.4, 0.5) is 0 Å². The summed E-state index contributed by atoms with van der Waals surface area (Å²) in [4.78, 5) is 9.51. The maximum Gasteiger partial charge on any atom is 0.116 e. The van der Waals surface area contributed by atoms with Crippen molar-refractivity contribution in [3.63, 3.8) is 0 Å². The Bertz CT molecular complexity index is 1640. The average Bonchev–Trinajstić information content (AvgIpc) is 3.17. The van der Waals surface area contributed by atoms with E-state index in [1.807, 2.05) is 11.3 Å². The number of aromatic nitrogens is 2. The minimum atomic E-state index is 0.235. The van der Waals surface area contributed by atoms with Gasteiger partial charge >= 0.3 is 0 Å². The lowest BCUT2D eigenvalue weighted by Crippen LogP contribution is -2.09. The molecule has 0 unspecified atom stereocenters. The van der Waals surface area contributed by atoms with E-state index in [1.54, 1.807) is 6.33 Å². The van der Waals surface area contributed by atoms with E-state index in [0.717, 1.165) is 22.3 Å². The van der Waals surface area contributed by atoms with Gasteiger partial charge in [-0.05, 0) is 38.9 Å². The molecule has 2 nitrogen and oxygen atoms in total. The minimum absolute atomic E-state index is 0.235. The summed E-state index contributed by atoms with van der Waals surface area (Å²) in [5, 5.41) is 6.33. The quantitative estimate of drug-likeness (QED) is 0.274. The lowest BCUT2D eigenvalue weighted by Gasteiger charge is -2.20. The number of rotatable bonds is 2. The first-order valence-electron chi connectivity index (χ1n) is 11.1. The van der Waals surface area contributed by atoms with Gasteiger partial charge in [-0.15, -0.1) is 11.3 Å². The van der Waals surface area contributed by atoms with Crippen LogP contribution in [0.2, 0.25) is 0 Å². The molecule has 0 fully saturated rings. The molecule has 6 aromatic rings. The van der Waals surface area contributed by atoms with Gasteiger partial charge in [0.15, 0.2) is 0 Å². The normalized spacial score (nSPS) is 12.3. The summed E-state index contributed by atoms with van der Waals surface area (Å²) in [5.41, 5.74) is 4.88. The summed E-state index contributed by atoms with van der Waals surface area (Å²) in [7, 11) is 0. The Hall–Kier alpha value is -3.30. The molecule has 3 heteroatoms. The van der Waals surface area contributed by atoms with Crippen LogP contribution in [-0.2, 0) is 6.42 Å². The second-order valence-electron chi connectivity index (χ2n) is 9.72. The first kappa shape index (κ1) is 19.4. The SMILES string of the molecule is CC(C)(C)Cc1cccc2c(-c3ncnc4c3sc3c5ccccc5ccc43)cccc12. The summed E-state index contributed by atoms with van der Waals surface area (Å²) in [6, 6.07) is 26.3. The third-order valence-electron chi connectivity index (χ3n) is 6.13. The Morgan fingerprint density at radius 1 is 0.688 bits per heavy atom. The van der Waals surface area contributed by atoms with Gasteiger partial charge in [0.25, 0.3) is 0 Å². The molecule has 0 saturated heterocycles. The Morgan fingerprint density at radius 3 is 2.34 bits per heavy atom. The second kappa shape index (κ2) is 7.11. The van der Waals surface area contributed by atoms with E-state index in [0.29, 0.717) is 0 Å². The number of nitrogens with zero attached hydrogens (tertiary/aromatic N) is 2. The zero-order chi connectivity index (χ0) is 21.9. The molecule has 0 N–H and O–H groups in total. The second-order valence-corrected chi connectivity index (χ2v) is 10.7. The van der Waals surface area contributed by atoms with E-state index in [-0.39, 0.29) is 5.41 Å². The predicted molar refractivity (Wildman–Crippen MR) is 139 cm³/mol. The van der Waals surface area contributed by atoms with Gasteiger partial charge in [-0.2, -0.15) is 0 Å². The maximum atomic E-state index is 4.81. The van der Waals surface area contributed by atoms with Crippen LogP contribution in [0.15, 0.2) is 79.1 Å². The van der Waals surface area contributed by atoms with Crippen LogP contribution in [0, 0.1) is 5.41 Å². The van der Waals surface area contributed by atoms with Crippen molar-refractivity contribution in [3.05, 3.63) is 84.7 Å². The highest BCUT2D eigenvalue weighted by Gasteiger charge is 2.18. The number of hydrogen-bond donors (Lipinski definition) is 0. The van der Waals surface area contributed by atoms with Crippen LogP contribution in [0.1, 0.15) is 26.3 Å². The number of thiophene rings is 1. The van der Waals surface area contributed by atoms with Crippen molar-refractivity contribution in [1.29, 1.82) is 0 Å². The highest BCUT2D eigenvalue weighted by Crippen LogP contribution is 2.42. The third kappa shape index (κ3) is 3.08. The number of benzene rings is 4. The number of fused-ring (bicyclic) bond motifs is 6. The average molecular weight is 433 g/mol. The lowest BCUT2D eigenvalue weighted by atomic mass is 9.85. The Labute approximate surface area is 191 Å². The van der Waals surface area contributed by atoms with Crippen LogP contribution in [-0.4, -0.2) is 9.97 Å². The van der Waals surface area contributed by atoms with E-state index >= 15 is 0 Å². The Kier molecular flexibility index (Phi) is 4.31. The van der Waals surface area contributed by atoms with Crippen molar-refractivity contribution in [2.24, 2.45) is 5.41 Å². The summed E-state index contributed by atoms with van der Waals surface area (Å²) in [6.45, 7) is 6.89. The van der Waals surface area contributed by atoms with E-state index in [9.17, 15) is 0 Å². The largest absolute Gasteiger partial charge is 0.235 e. The summed E-state index contributed by atoms with van der Waals surface area (Å²) >= 11 is 1.81. The van der Waals surface area contributed by atoms with Crippen molar-refractivity contribution >= 4 is 53.2 Å². The molecule has 0 spiro atoms. The highest BCUT2D eigenvalue weighted by atomic mass is 32.1. The lowest BCUT2D eigenvalue weighted by molar-refractivity contribution is 0.412. The molecule has 156 valence electrons. The molecule has 0 atom stereocenters. The van der Waals surface area contributed by atoms with Gasteiger partial charge in [0.2, 0.25) is 0 Å². The van der Waals surface area contributed by atoms with E-state index in [1.165, 1.54) is 42.8 Å². The predicted octanol–water partition coefficient (Wildman–Crippen LogP) is 8.41. The van der Waals surface area contributed by atoms with Gasteiger partial charge in [-0.1, -0.05) is 93.6 Å². The van der Waals surface area contributed by atoms with Crippen LogP contribution in [0.5, 0.6) is 0 Å². The van der Waals surface area contributed by atoms with Crippen molar-refractivity contribution in [3.8, 4) is 11.3 Å². The van der Waals surface area contributed by atoms with Gasteiger partial charge in [0, 0.05) is 15.6 Å². The highest BCUT2D eigenvalue weighted by molar-refractivity contribution is 7.27. The summed E-state index contributed by atoms with van der Waals surface area (Å²) < 4.78 is 2.45. The molecule has 0 amide bonds. The molecule has 2 heterocycles. The molecule has 0 bridgehead atoms. The first-order chi connectivity index (χ1) is 15.5. The fraction of sp³-hybridized carbons (Fsp3) is 0.172. The van der Waals surface area contributed by atoms with E-state index < -0.39 is 0 Å². The van der Waals surface area contributed by atoms with Crippen molar-refractivity contribution < 1.29 is 0 Å². The third-order valence-corrected chi connectivity index (χ3v) is 7.37. The molecular weight excluding hydrogens is 408 g/mol. The Balaban J connectivity index is 1.65. The molecule has 2 aromatic heterocycles.